The third-order valence-corrected chi connectivity index (χ3v) is 12.5. The van der Waals surface area contributed by atoms with E-state index >= 15 is 4.79 Å². The predicted octanol–water partition coefficient (Wildman–Crippen LogP) is 3.81. The number of hydrogen-bond acceptors (Lipinski definition) is 12. The number of carbonyl (C=O) groups is 8. The fourth-order valence-electron chi connectivity index (χ4n) is 8.24. The Labute approximate surface area is 412 Å². The van der Waals surface area contributed by atoms with Gasteiger partial charge in [-0.15, -0.1) is 0 Å². The van der Waals surface area contributed by atoms with Crippen LogP contribution >= 0.6 is 11.8 Å². The number of aromatic nitrogens is 1. The molecule has 6 atom stereocenters. The largest absolute Gasteiger partial charge is 0.467 e. The molecular weight excluding hydrogens is 917 g/mol. The number of unbranched alkanes of at least 4 members (excludes halogenated alkanes) is 1. The first-order valence-electron chi connectivity index (χ1n) is 23.6. The Morgan fingerprint density at radius 3 is 2.13 bits per heavy atom. The Hall–Kier alpha value is -6.73. The van der Waals surface area contributed by atoms with Gasteiger partial charge in [-0.1, -0.05) is 92.7 Å². The maximum absolute atomic E-state index is 15.0. The lowest BCUT2D eigenvalue weighted by molar-refractivity contribution is -0.154. The molecule has 0 aliphatic carbocycles. The first-order chi connectivity index (χ1) is 33.7. The molecule has 0 unspecified atom stereocenters. The number of H-pyrrole nitrogens is 1. The second-order valence-electron chi connectivity index (χ2n) is 17.6. The molecule has 1 saturated heterocycles. The molecule has 1 aliphatic heterocycles. The van der Waals surface area contributed by atoms with Crippen LogP contribution in [-0.4, -0.2) is 119 Å². The minimum atomic E-state index is -1.49. The molecule has 7 amide bonds. The number of thioether (sulfide) groups is 1. The molecule has 0 bridgehead atoms. The number of methoxy groups -OCH3 is 1. The number of fused-ring (bicyclic) bond motifs is 1. The lowest BCUT2D eigenvalue weighted by Crippen LogP contribution is -2.61. The molecule has 8 N–H and O–H groups in total. The van der Waals surface area contributed by atoms with Gasteiger partial charge in [0.25, 0.3) is 5.91 Å². The number of benzene rings is 3. The van der Waals surface area contributed by atoms with E-state index in [1.807, 2.05) is 50.4 Å². The number of alkyl carbamates (subject to hydrolysis) is 1. The molecule has 0 saturated carbocycles. The van der Waals surface area contributed by atoms with Crippen molar-refractivity contribution in [3.05, 3.63) is 108 Å². The molecule has 0 spiro atoms. The number of rotatable bonds is 24. The van der Waals surface area contributed by atoms with Crippen LogP contribution in [0.25, 0.3) is 10.9 Å². The minimum absolute atomic E-state index is 0.0508. The summed E-state index contributed by atoms with van der Waals surface area (Å²) in [5, 5.41) is 14.5. The van der Waals surface area contributed by atoms with E-state index in [1.165, 1.54) is 18.9 Å². The van der Waals surface area contributed by atoms with E-state index < -0.39 is 90.2 Å². The second kappa shape index (κ2) is 27.5. The number of esters is 1. The minimum Gasteiger partial charge on any atom is -0.467 e. The summed E-state index contributed by atoms with van der Waals surface area (Å²) in [4.78, 5) is 117. The van der Waals surface area contributed by atoms with Crippen molar-refractivity contribution in [1.82, 2.24) is 36.5 Å². The summed E-state index contributed by atoms with van der Waals surface area (Å²) in [5.41, 5.74) is 8.67. The first-order valence-corrected chi connectivity index (χ1v) is 25.0. The molecule has 70 heavy (non-hydrogen) atoms. The van der Waals surface area contributed by atoms with Gasteiger partial charge < -0.3 is 46.8 Å². The van der Waals surface area contributed by atoms with E-state index in [0.29, 0.717) is 35.3 Å². The van der Waals surface area contributed by atoms with Gasteiger partial charge in [0.2, 0.25) is 29.5 Å². The van der Waals surface area contributed by atoms with E-state index in [4.69, 9.17) is 15.2 Å². The van der Waals surface area contributed by atoms with E-state index in [1.54, 1.807) is 60.8 Å². The Morgan fingerprint density at radius 2 is 1.46 bits per heavy atom. The highest BCUT2D eigenvalue weighted by Gasteiger charge is 2.42. The molecule has 1 fully saturated rings. The third kappa shape index (κ3) is 15.9. The van der Waals surface area contributed by atoms with Crippen LogP contribution in [0.4, 0.5) is 4.79 Å². The molecule has 18 nitrogen and oxygen atoms in total. The van der Waals surface area contributed by atoms with Gasteiger partial charge in [-0.25, -0.2) is 9.59 Å². The van der Waals surface area contributed by atoms with Crippen LogP contribution in [0.5, 0.6) is 0 Å². The number of nitrogens with zero attached hydrogens (tertiary/aromatic N) is 1. The van der Waals surface area contributed by atoms with Gasteiger partial charge in [0.1, 0.15) is 42.9 Å². The normalized spacial score (nSPS) is 16.9. The fraction of sp³-hybridized carbons (Fsp3) is 0.451. The maximum Gasteiger partial charge on any atom is 0.408 e. The van der Waals surface area contributed by atoms with Gasteiger partial charge >= 0.3 is 12.1 Å². The van der Waals surface area contributed by atoms with Gasteiger partial charge in [0.15, 0.2) is 0 Å². The second-order valence-corrected chi connectivity index (χ2v) is 18.6. The number of imide groups is 1. The van der Waals surface area contributed by atoms with Crippen molar-refractivity contribution in [2.24, 2.45) is 11.7 Å². The van der Waals surface area contributed by atoms with E-state index in [9.17, 15) is 33.6 Å². The zero-order valence-corrected chi connectivity index (χ0v) is 41.0. The highest BCUT2D eigenvalue weighted by Crippen LogP contribution is 2.22. The van der Waals surface area contributed by atoms with Gasteiger partial charge in [-0.05, 0) is 85.8 Å². The van der Waals surface area contributed by atoms with Crippen molar-refractivity contribution in [3.63, 3.8) is 0 Å². The summed E-state index contributed by atoms with van der Waals surface area (Å²) in [7, 11) is 1.23. The summed E-state index contributed by atoms with van der Waals surface area (Å²) in [5.74, 6) is -4.76. The lowest BCUT2D eigenvalue weighted by Gasteiger charge is -2.33. The quantitative estimate of drug-likeness (QED) is 0.0301. The van der Waals surface area contributed by atoms with E-state index in [0.717, 1.165) is 15.8 Å². The fourth-order valence-corrected chi connectivity index (χ4v) is 8.71. The van der Waals surface area contributed by atoms with Crippen LogP contribution in [-0.2, 0) is 62.5 Å². The average molecular weight is 983 g/mol. The van der Waals surface area contributed by atoms with Gasteiger partial charge in [-0.2, -0.15) is 11.8 Å². The number of hydrogen-bond donors (Lipinski definition) is 7. The van der Waals surface area contributed by atoms with Crippen molar-refractivity contribution in [2.75, 3.05) is 25.7 Å². The summed E-state index contributed by atoms with van der Waals surface area (Å²) in [6.07, 6.45) is 2.98. The molecule has 5 rings (SSSR count). The third-order valence-electron chi connectivity index (χ3n) is 11.9. The Morgan fingerprint density at radius 1 is 0.814 bits per heavy atom. The van der Waals surface area contributed by atoms with Crippen LogP contribution < -0.4 is 32.3 Å². The van der Waals surface area contributed by atoms with E-state index in [2.05, 4.69) is 31.6 Å². The van der Waals surface area contributed by atoms with E-state index in [-0.39, 0.29) is 57.6 Å². The molecule has 3 aromatic carbocycles. The zero-order valence-electron chi connectivity index (χ0n) is 40.2. The number of aromatic amines is 1. The molecule has 2 heterocycles. The van der Waals surface area contributed by atoms with Crippen molar-refractivity contribution in [3.8, 4) is 0 Å². The maximum atomic E-state index is 15.0. The number of carbonyl (C=O) groups excluding carboxylic acids is 8. The monoisotopic (exact) mass is 982 g/mol. The summed E-state index contributed by atoms with van der Waals surface area (Å²) < 4.78 is 10.3. The zero-order chi connectivity index (χ0) is 50.6. The number of para-hydroxylation sites is 1. The standard InChI is InChI=1S/C51H66N8O10S/c1-32(2)27-40(46(62)54-39(24-26-70-4)50(66)68-3)55-47(63)41(29-35-30-53-37-20-12-11-19-36(35)37)56-48(64)43(21-13-14-25-52)59-44(60)23-22-38(58-51(67)69-31-34-17-9-6-10-18-34)45(61)57-42(49(59)65)28-33-15-7-5-8-16-33/h5-12,15-20,30,32,38-43,53H,13-14,21-29,31,52H2,1-4H3,(H,54,62)(H,55,63)(H,56,64)(H,57,61)(H,58,67)/t38-,39-,40+,41+,42-,43+/m1/s1. The van der Waals surface area contributed by atoms with Crippen LogP contribution in [0.1, 0.15) is 75.5 Å². The SMILES string of the molecule is COC(=O)[C@@H](CCSC)NC(=O)[C@H](CC(C)C)NC(=O)[C@H](Cc1c[nH]c2ccccc12)NC(=O)[C@H](CCCCN)N1C(=O)CC[C@@H](NC(=O)OCc2ccccc2)C(=O)N[C@H](Cc2ccccc2)C1=O. The van der Waals surface area contributed by atoms with Crippen molar-refractivity contribution in [2.45, 2.75) is 114 Å². The molecule has 1 aromatic heterocycles. The number of ether oxygens (including phenoxy) is 2. The molecule has 0 radical (unpaired) electrons. The van der Waals surface area contributed by atoms with Gasteiger partial charge in [-0.3, -0.25) is 33.7 Å². The molecule has 19 heteroatoms. The predicted molar refractivity (Wildman–Crippen MR) is 266 cm³/mol. The topological polar surface area (TPSA) is 260 Å². The molecule has 1 aliphatic rings. The van der Waals surface area contributed by atoms with Crippen molar-refractivity contribution < 1.29 is 47.8 Å². The first kappa shape index (κ1) is 54.2. The van der Waals surface area contributed by atoms with Crippen LogP contribution in [0, 0.1) is 5.92 Å². The van der Waals surface area contributed by atoms with Crippen LogP contribution in [0.2, 0.25) is 0 Å². The Kier molecular flexibility index (Phi) is 21.3. The summed E-state index contributed by atoms with van der Waals surface area (Å²) >= 11 is 1.49. The number of nitrogens with two attached hydrogens (primary N) is 1. The van der Waals surface area contributed by atoms with Gasteiger partial charge in [0.05, 0.1) is 7.11 Å². The van der Waals surface area contributed by atoms with Crippen molar-refractivity contribution >= 4 is 70.2 Å². The highest BCUT2D eigenvalue weighted by molar-refractivity contribution is 7.98. The average Bonchev–Trinajstić information content (AvgIpc) is 3.77. The van der Waals surface area contributed by atoms with Gasteiger partial charge in [0, 0.05) is 36.4 Å². The summed E-state index contributed by atoms with van der Waals surface area (Å²) in [6, 6.07) is 17.5. The highest BCUT2D eigenvalue weighted by atomic mass is 32.2. The molecular formula is C51H66N8O10S. The lowest BCUT2D eigenvalue weighted by atomic mass is 9.99. The van der Waals surface area contributed by atoms with Crippen molar-refractivity contribution in [1.29, 1.82) is 0 Å². The number of nitrogens with one attached hydrogen (secondary N) is 6. The van der Waals surface area contributed by atoms with Crippen LogP contribution in [0.3, 0.4) is 0 Å². The molecule has 376 valence electrons. The smallest absolute Gasteiger partial charge is 0.408 e. The summed E-state index contributed by atoms with van der Waals surface area (Å²) in [6.45, 7) is 3.91. The Bertz CT molecular complexity index is 2400. The van der Waals surface area contributed by atoms with Crippen LogP contribution in [0.15, 0.2) is 91.1 Å². The molecule has 4 aromatic rings. The Balaban J connectivity index is 1.49. The number of amides is 7.